The van der Waals surface area contributed by atoms with Gasteiger partial charge in [-0.2, -0.15) is 12.6 Å². The van der Waals surface area contributed by atoms with Gasteiger partial charge in [-0.05, 0) is 94.2 Å². The van der Waals surface area contributed by atoms with Gasteiger partial charge in [0.15, 0.2) is 6.61 Å². The Balaban J connectivity index is 1.14. The molecule has 1 unspecified atom stereocenters. The molecule has 0 bridgehead atoms. The molecule has 1 heterocycles. The number of hydrogen-bond donors (Lipinski definition) is 4. The first kappa shape index (κ1) is 36.9. The number of nitrogens with zero attached hydrogens (tertiary/aromatic N) is 1. The first-order valence-electron chi connectivity index (χ1n) is 16.8. The number of hydrogen-bond acceptors (Lipinski definition) is 8. The highest BCUT2D eigenvalue weighted by Gasteiger charge is 2.38. The molecule has 48 heavy (non-hydrogen) atoms. The van der Waals surface area contributed by atoms with Crippen LogP contribution in [0.5, 0.6) is 5.75 Å². The van der Waals surface area contributed by atoms with Crippen LogP contribution in [0.15, 0.2) is 48.5 Å². The molecule has 2 fully saturated rings. The van der Waals surface area contributed by atoms with E-state index in [0.717, 1.165) is 24.0 Å². The van der Waals surface area contributed by atoms with Crippen molar-refractivity contribution in [3.05, 3.63) is 54.1 Å². The fourth-order valence-corrected chi connectivity index (χ4v) is 6.38. The smallest absolute Gasteiger partial charge is 0.257 e. The molecule has 12 heteroatoms. The van der Waals surface area contributed by atoms with E-state index in [1.54, 1.807) is 24.3 Å². The number of carbonyl (C=O) groups excluding carboxylic acids is 5. The number of amides is 5. The van der Waals surface area contributed by atoms with E-state index in [1.807, 2.05) is 45.0 Å². The molecule has 1 aliphatic heterocycles. The molecule has 2 aromatic carbocycles. The molecule has 1 saturated carbocycles. The largest absolute Gasteiger partial charge is 0.484 e. The van der Waals surface area contributed by atoms with Gasteiger partial charge in [0.05, 0.1) is 10.9 Å². The van der Waals surface area contributed by atoms with Crippen LogP contribution in [-0.4, -0.2) is 84.7 Å². The summed E-state index contributed by atoms with van der Waals surface area (Å²) in [5, 5.41) is 8.10. The molecule has 0 aromatic heterocycles. The fourth-order valence-electron chi connectivity index (χ4n) is 6.08. The molecule has 0 spiro atoms. The Hall–Kier alpha value is -3.90. The molecule has 1 saturated heterocycles. The van der Waals surface area contributed by atoms with Gasteiger partial charge in [0.1, 0.15) is 5.75 Å². The third kappa shape index (κ3) is 10.8. The van der Waals surface area contributed by atoms with E-state index in [9.17, 15) is 24.0 Å². The maximum absolute atomic E-state index is 12.8. The van der Waals surface area contributed by atoms with Crippen molar-refractivity contribution in [3.63, 3.8) is 0 Å². The number of likely N-dealkylation sites (tertiary alicyclic amines) is 1. The Morgan fingerprint density at radius 1 is 0.917 bits per heavy atom. The predicted octanol–water partition coefficient (Wildman–Crippen LogP) is 3.76. The van der Waals surface area contributed by atoms with Crippen molar-refractivity contribution in [1.82, 2.24) is 20.9 Å². The molecule has 1 atom stereocenters. The molecular weight excluding hydrogens is 632 g/mol. The highest BCUT2D eigenvalue weighted by atomic mass is 32.1. The van der Waals surface area contributed by atoms with Crippen molar-refractivity contribution < 1.29 is 33.4 Å². The summed E-state index contributed by atoms with van der Waals surface area (Å²) in [6, 6.07) is 14.6. The summed E-state index contributed by atoms with van der Waals surface area (Å²) in [4.78, 5) is 63.3. The predicted molar refractivity (Wildman–Crippen MR) is 186 cm³/mol. The van der Waals surface area contributed by atoms with Crippen molar-refractivity contribution in [2.75, 3.05) is 39.4 Å². The van der Waals surface area contributed by atoms with E-state index in [2.05, 4.69) is 28.6 Å². The molecular formula is C36H48N4O7S. The quantitative estimate of drug-likeness (QED) is 0.120. The summed E-state index contributed by atoms with van der Waals surface area (Å²) in [6.07, 6.45) is 3.82. The summed E-state index contributed by atoms with van der Waals surface area (Å²) in [6.45, 7) is 7.98. The molecule has 0 radical (unpaired) electrons. The van der Waals surface area contributed by atoms with E-state index in [4.69, 9.17) is 9.47 Å². The van der Waals surface area contributed by atoms with Crippen molar-refractivity contribution in [2.45, 2.75) is 70.1 Å². The van der Waals surface area contributed by atoms with E-state index in [1.165, 1.54) is 4.90 Å². The number of nitrogens with one attached hydrogen (secondary N) is 3. The first-order chi connectivity index (χ1) is 23.0. The monoisotopic (exact) mass is 680 g/mol. The minimum atomic E-state index is -0.537. The van der Waals surface area contributed by atoms with Crippen LogP contribution in [0.3, 0.4) is 0 Å². The van der Waals surface area contributed by atoms with Gasteiger partial charge < -0.3 is 25.4 Å². The lowest BCUT2D eigenvalue weighted by molar-refractivity contribution is -0.139. The molecule has 260 valence electrons. The van der Waals surface area contributed by atoms with Crippen molar-refractivity contribution in [1.29, 1.82) is 0 Å². The van der Waals surface area contributed by atoms with Crippen LogP contribution < -0.4 is 20.7 Å². The highest BCUT2D eigenvalue weighted by Crippen LogP contribution is 2.31. The average molecular weight is 681 g/mol. The van der Waals surface area contributed by atoms with Crippen LogP contribution in [0, 0.1) is 11.8 Å². The molecule has 2 aromatic rings. The number of ether oxygens (including phenoxy) is 2. The zero-order valence-corrected chi connectivity index (χ0v) is 29.0. The molecule has 4 rings (SSSR count). The van der Waals surface area contributed by atoms with E-state index < -0.39 is 5.25 Å². The molecule has 5 amide bonds. The number of thiol groups is 1. The second-order valence-electron chi connectivity index (χ2n) is 13.0. The Morgan fingerprint density at radius 2 is 1.62 bits per heavy atom. The highest BCUT2D eigenvalue weighted by molar-refractivity contribution is 7.81. The summed E-state index contributed by atoms with van der Waals surface area (Å²) >= 11 is 4.18. The molecule has 1 aliphatic carbocycles. The van der Waals surface area contributed by atoms with Crippen molar-refractivity contribution in [3.8, 4) is 16.9 Å². The minimum absolute atomic E-state index is 0.0388. The normalized spacial score (nSPS) is 19.6. The summed E-state index contributed by atoms with van der Waals surface area (Å²) in [5.41, 5.74) is 1.96. The summed E-state index contributed by atoms with van der Waals surface area (Å²) in [5.74, 6) is -0.212. The van der Waals surface area contributed by atoms with E-state index in [-0.39, 0.29) is 66.5 Å². The topological polar surface area (TPSA) is 143 Å². The number of carbonyl (C=O) groups is 5. The van der Waals surface area contributed by atoms with Gasteiger partial charge >= 0.3 is 0 Å². The fraction of sp³-hybridized carbons (Fsp3) is 0.528. The van der Waals surface area contributed by atoms with Gasteiger partial charge in [0.25, 0.3) is 11.8 Å². The maximum Gasteiger partial charge on any atom is 0.257 e. The lowest BCUT2D eigenvalue weighted by Gasteiger charge is -2.30. The van der Waals surface area contributed by atoms with Crippen molar-refractivity contribution >= 4 is 42.2 Å². The second-order valence-corrected chi connectivity index (χ2v) is 13.6. The Kier molecular flexibility index (Phi) is 13.5. The van der Waals surface area contributed by atoms with Gasteiger partial charge in [-0.25, -0.2) is 0 Å². The van der Waals surface area contributed by atoms with Gasteiger partial charge in [0, 0.05) is 50.7 Å². The summed E-state index contributed by atoms with van der Waals surface area (Å²) < 4.78 is 11.3. The molecule has 11 nitrogen and oxygen atoms in total. The first-order valence-corrected chi connectivity index (χ1v) is 17.3. The standard InChI is InChI=1S/C36H48N4O7S/c1-4-47-36(2,3)16-17-37-31(41)23-46-29-14-12-25(13-15-29)27-6-5-7-28(20-27)34(44)39-19-18-38-33(43)26-10-8-24(9-11-26)22-40-32(42)21-30(48)35(40)45/h5-7,12-15,20,24,26,30,48H,4,8-11,16-19,21-23H2,1-3H3,(H,37,41)(H,38,43)(H,39,44). The Morgan fingerprint density at radius 3 is 2.29 bits per heavy atom. The third-order valence-electron chi connectivity index (χ3n) is 8.85. The number of benzene rings is 2. The van der Waals surface area contributed by atoms with Crippen LogP contribution in [0.4, 0.5) is 0 Å². The maximum atomic E-state index is 12.8. The van der Waals surface area contributed by atoms with Gasteiger partial charge in [-0.1, -0.05) is 24.3 Å². The Labute approximate surface area is 288 Å². The SMILES string of the molecule is CCOC(C)(C)CCNC(=O)COc1ccc(-c2cccc(C(=O)NCCNC(=O)C3CCC(CN4C(=O)CC(S)C4=O)CC3)c2)cc1. The lowest BCUT2D eigenvalue weighted by atomic mass is 9.81. The number of rotatable bonds is 16. The number of imide groups is 1. The third-order valence-corrected chi connectivity index (χ3v) is 9.26. The Bertz CT molecular complexity index is 1440. The zero-order valence-electron chi connectivity index (χ0n) is 28.1. The average Bonchev–Trinajstić information content (AvgIpc) is 3.31. The van der Waals surface area contributed by atoms with Gasteiger partial charge in [-0.3, -0.25) is 28.9 Å². The second kappa shape index (κ2) is 17.5. The van der Waals surface area contributed by atoms with Crippen LogP contribution in [0.25, 0.3) is 11.1 Å². The zero-order chi connectivity index (χ0) is 34.7. The van der Waals surface area contributed by atoms with Gasteiger partial charge in [-0.15, -0.1) is 0 Å². The van der Waals surface area contributed by atoms with Crippen molar-refractivity contribution in [2.24, 2.45) is 11.8 Å². The van der Waals surface area contributed by atoms with Crippen LogP contribution in [0.2, 0.25) is 0 Å². The lowest BCUT2D eigenvalue weighted by Crippen LogP contribution is -2.40. The van der Waals surface area contributed by atoms with Crippen LogP contribution in [-0.2, 0) is 23.9 Å². The van der Waals surface area contributed by atoms with Crippen LogP contribution >= 0.6 is 12.6 Å². The molecule has 3 N–H and O–H groups in total. The summed E-state index contributed by atoms with van der Waals surface area (Å²) in [7, 11) is 0. The van der Waals surface area contributed by atoms with Gasteiger partial charge in [0.2, 0.25) is 17.7 Å². The van der Waals surface area contributed by atoms with Crippen LogP contribution in [0.1, 0.15) is 69.7 Å². The molecule has 2 aliphatic rings. The minimum Gasteiger partial charge on any atom is -0.484 e. The van der Waals surface area contributed by atoms with E-state index >= 15 is 0 Å². The van der Waals surface area contributed by atoms with E-state index in [0.29, 0.717) is 56.8 Å².